The third kappa shape index (κ3) is 1.93. The molecule has 0 atom stereocenters. The highest BCUT2D eigenvalue weighted by Crippen LogP contribution is 2.20. The van der Waals surface area contributed by atoms with Crippen molar-refractivity contribution < 1.29 is 9.90 Å². The van der Waals surface area contributed by atoms with E-state index in [9.17, 15) is 4.79 Å². The molecule has 80 valence electrons. The predicted molar refractivity (Wildman–Crippen MR) is 61.4 cm³/mol. The largest absolute Gasteiger partial charge is 0.478 e. The monoisotopic (exact) mass is 213 g/mol. The summed E-state index contributed by atoms with van der Waals surface area (Å²) < 4.78 is 0. The molecule has 1 aromatic heterocycles. The molecule has 0 bridgehead atoms. The van der Waals surface area contributed by atoms with Gasteiger partial charge in [-0.25, -0.2) is 4.79 Å². The Morgan fingerprint density at radius 1 is 1.19 bits per heavy atom. The first-order chi connectivity index (χ1) is 7.68. The molecule has 2 aromatic rings. The van der Waals surface area contributed by atoms with Gasteiger partial charge in [0, 0.05) is 11.8 Å². The number of carboxylic acid groups (broad SMARTS) is 1. The van der Waals surface area contributed by atoms with Crippen LogP contribution in [0, 0.1) is 6.92 Å². The average molecular weight is 213 g/mol. The zero-order chi connectivity index (χ0) is 11.5. The highest BCUT2D eigenvalue weighted by molar-refractivity contribution is 5.90. The Balaban J connectivity index is 2.52. The van der Waals surface area contributed by atoms with Gasteiger partial charge in [-0.15, -0.1) is 0 Å². The Hall–Kier alpha value is -2.16. The van der Waals surface area contributed by atoms with Crippen LogP contribution in [0.15, 0.2) is 42.6 Å². The van der Waals surface area contributed by atoms with Gasteiger partial charge in [-0.2, -0.15) is 0 Å². The Labute approximate surface area is 93.4 Å². The third-order valence-corrected chi connectivity index (χ3v) is 2.42. The fraction of sp³-hybridized carbons (Fsp3) is 0.0769. The van der Waals surface area contributed by atoms with Crippen LogP contribution < -0.4 is 0 Å². The minimum Gasteiger partial charge on any atom is -0.478 e. The van der Waals surface area contributed by atoms with Crippen LogP contribution in [-0.2, 0) is 0 Å². The van der Waals surface area contributed by atoms with Gasteiger partial charge < -0.3 is 5.11 Å². The highest BCUT2D eigenvalue weighted by Gasteiger charge is 2.09. The van der Waals surface area contributed by atoms with Crippen molar-refractivity contribution in [1.29, 1.82) is 0 Å². The molecule has 1 N–H and O–H groups in total. The molecule has 0 aliphatic heterocycles. The van der Waals surface area contributed by atoms with Crippen LogP contribution in [0.1, 0.15) is 16.1 Å². The minimum atomic E-state index is -0.942. The lowest BCUT2D eigenvalue weighted by Crippen LogP contribution is -2.01. The van der Waals surface area contributed by atoms with E-state index in [1.807, 2.05) is 30.3 Å². The SMILES string of the molecule is Cc1ncc(-c2ccccc2)cc1C(=O)O. The van der Waals surface area contributed by atoms with Crippen LogP contribution in [0.4, 0.5) is 0 Å². The average Bonchev–Trinajstić information content (AvgIpc) is 2.30. The van der Waals surface area contributed by atoms with Gasteiger partial charge in [-0.3, -0.25) is 4.98 Å². The maximum atomic E-state index is 11.0. The molecule has 3 heteroatoms. The summed E-state index contributed by atoms with van der Waals surface area (Å²) in [5, 5.41) is 9.00. The van der Waals surface area contributed by atoms with E-state index in [1.165, 1.54) is 0 Å². The Morgan fingerprint density at radius 2 is 1.88 bits per heavy atom. The summed E-state index contributed by atoms with van der Waals surface area (Å²) in [6.07, 6.45) is 1.69. The number of carbonyl (C=O) groups is 1. The molecule has 0 unspecified atom stereocenters. The number of aryl methyl sites for hydroxylation is 1. The molecule has 0 aliphatic carbocycles. The molecule has 0 fully saturated rings. The molecule has 0 spiro atoms. The van der Waals surface area contributed by atoms with Gasteiger partial charge in [0.05, 0.1) is 11.3 Å². The topological polar surface area (TPSA) is 50.2 Å². The van der Waals surface area contributed by atoms with Crippen LogP contribution in [0.2, 0.25) is 0 Å². The van der Waals surface area contributed by atoms with E-state index in [-0.39, 0.29) is 5.56 Å². The van der Waals surface area contributed by atoms with Crippen molar-refractivity contribution >= 4 is 5.97 Å². The number of hydrogen-bond acceptors (Lipinski definition) is 2. The van der Waals surface area contributed by atoms with E-state index < -0.39 is 5.97 Å². The number of nitrogens with zero attached hydrogens (tertiary/aromatic N) is 1. The number of carboxylic acids is 1. The summed E-state index contributed by atoms with van der Waals surface area (Å²) in [4.78, 5) is 15.1. The highest BCUT2D eigenvalue weighted by atomic mass is 16.4. The van der Waals surface area contributed by atoms with E-state index in [1.54, 1.807) is 19.2 Å². The maximum Gasteiger partial charge on any atom is 0.337 e. The maximum absolute atomic E-state index is 11.0. The molecule has 1 heterocycles. The second-order valence-electron chi connectivity index (χ2n) is 3.53. The number of aromatic carboxylic acids is 1. The molecule has 0 radical (unpaired) electrons. The van der Waals surface area contributed by atoms with Gasteiger partial charge in [0.15, 0.2) is 0 Å². The molecular formula is C13H11NO2. The normalized spacial score (nSPS) is 10.1. The summed E-state index contributed by atoms with van der Waals surface area (Å²) in [6, 6.07) is 11.3. The first-order valence-corrected chi connectivity index (χ1v) is 4.94. The lowest BCUT2D eigenvalue weighted by atomic mass is 10.0. The lowest BCUT2D eigenvalue weighted by Gasteiger charge is -2.04. The van der Waals surface area contributed by atoms with E-state index in [4.69, 9.17) is 5.11 Å². The summed E-state index contributed by atoms with van der Waals surface area (Å²) in [7, 11) is 0. The molecule has 0 aliphatic rings. The Kier molecular flexibility index (Phi) is 2.68. The van der Waals surface area contributed by atoms with Crippen molar-refractivity contribution in [1.82, 2.24) is 4.98 Å². The first-order valence-electron chi connectivity index (χ1n) is 4.94. The van der Waals surface area contributed by atoms with Crippen molar-refractivity contribution in [2.45, 2.75) is 6.92 Å². The van der Waals surface area contributed by atoms with Crippen LogP contribution in [0.25, 0.3) is 11.1 Å². The third-order valence-electron chi connectivity index (χ3n) is 2.42. The first kappa shape index (κ1) is 10.4. The predicted octanol–water partition coefficient (Wildman–Crippen LogP) is 2.76. The molecule has 3 nitrogen and oxygen atoms in total. The number of hydrogen-bond donors (Lipinski definition) is 1. The summed E-state index contributed by atoms with van der Waals surface area (Å²) >= 11 is 0. The Morgan fingerprint density at radius 3 is 2.50 bits per heavy atom. The molecule has 0 saturated carbocycles. The van der Waals surface area contributed by atoms with Crippen molar-refractivity contribution in [3.8, 4) is 11.1 Å². The van der Waals surface area contributed by atoms with E-state index in [0.717, 1.165) is 11.1 Å². The van der Waals surface area contributed by atoms with Gasteiger partial charge >= 0.3 is 5.97 Å². The van der Waals surface area contributed by atoms with Crippen LogP contribution >= 0.6 is 0 Å². The summed E-state index contributed by atoms with van der Waals surface area (Å²) in [5.41, 5.74) is 2.58. The number of benzene rings is 1. The van der Waals surface area contributed by atoms with E-state index in [0.29, 0.717) is 5.69 Å². The van der Waals surface area contributed by atoms with Crippen molar-refractivity contribution in [3.63, 3.8) is 0 Å². The van der Waals surface area contributed by atoms with E-state index >= 15 is 0 Å². The van der Waals surface area contributed by atoms with Crippen molar-refractivity contribution in [2.75, 3.05) is 0 Å². The molecule has 2 rings (SSSR count). The van der Waals surface area contributed by atoms with Gasteiger partial charge in [-0.1, -0.05) is 30.3 Å². The minimum absolute atomic E-state index is 0.251. The lowest BCUT2D eigenvalue weighted by molar-refractivity contribution is 0.0695. The van der Waals surface area contributed by atoms with Gasteiger partial charge in [0.25, 0.3) is 0 Å². The van der Waals surface area contributed by atoms with Crippen LogP contribution in [0.5, 0.6) is 0 Å². The number of rotatable bonds is 2. The summed E-state index contributed by atoms with van der Waals surface area (Å²) in [5.74, 6) is -0.942. The molecular weight excluding hydrogens is 202 g/mol. The zero-order valence-corrected chi connectivity index (χ0v) is 8.84. The van der Waals surface area contributed by atoms with Gasteiger partial charge in [0.2, 0.25) is 0 Å². The molecule has 16 heavy (non-hydrogen) atoms. The molecule has 1 aromatic carbocycles. The second-order valence-corrected chi connectivity index (χ2v) is 3.53. The van der Waals surface area contributed by atoms with Crippen LogP contribution in [0.3, 0.4) is 0 Å². The number of aromatic nitrogens is 1. The van der Waals surface area contributed by atoms with E-state index in [2.05, 4.69) is 4.98 Å². The van der Waals surface area contributed by atoms with Crippen molar-refractivity contribution in [2.24, 2.45) is 0 Å². The molecule has 0 amide bonds. The smallest absolute Gasteiger partial charge is 0.337 e. The Bertz CT molecular complexity index is 521. The second kappa shape index (κ2) is 4.14. The van der Waals surface area contributed by atoms with Gasteiger partial charge in [-0.05, 0) is 18.6 Å². The van der Waals surface area contributed by atoms with Crippen molar-refractivity contribution in [3.05, 3.63) is 53.9 Å². The van der Waals surface area contributed by atoms with Crippen LogP contribution in [-0.4, -0.2) is 16.1 Å². The fourth-order valence-electron chi connectivity index (χ4n) is 1.54. The molecule has 0 saturated heterocycles. The summed E-state index contributed by atoms with van der Waals surface area (Å²) in [6.45, 7) is 1.69. The fourth-order valence-corrected chi connectivity index (χ4v) is 1.54. The quantitative estimate of drug-likeness (QED) is 0.834. The zero-order valence-electron chi connectivity index (χ0n) is 8.84. The van der Waals surface area contributed by atoms with Gasteiger partial charge in [0.1, 0.15) is 0 Å². The number of pyridine rings is 1. The standard InChI is InChI=1S/C13H11NO2/c1-9-12(13(15)16)7-11(8-14-9)10-5-3-2-4-6-10/h2-8H,1H3,(H,15,16).